The lowest BCUT2D eigenvalue weighted by Gasteiger charge is -2.25. The molecule has 0 aliphatic carbocycles. The normalized spacial score (nSPS) is 12.7. The topological polar surface area (TPSA) is 41.1 Å². The maximum atomic E-state index is 4.40. The molecule has 0 bridgehead atoms. The number of aryl methyl sites for hydroxylation is 1. The number of hydrogen-bond acceptors (Lipinski definition) is 5. The van der Waals surface area contributed by atoms with Crippen molar-refractivity contribution in [1.82, 2.24) is 14.9 Å². The van der Waals surface area contributed by atoms with Gasteiger partial charge in [0.25, 0.3) is 0 Å². The van der Waals surface area contributed by atoms with Gasteiger partial charge >= 0.3 is 0 Å². The molecule has 120 valence electrons. The number of anilines is 1. The van der Waals surface area contributed by atoms with Gasteiger partial charge in [0, 0.05) is 6.54 Å². The number of rotatable bonds is 6. The standard InChI is InChI=1S/C18H22N4S/c1-4-13-5-7-14(8-6-13)16(22(2)3)11-19-17-15-9-10-23-18(15)21-12-20-17/h5-10,12,16H,4,11H2,1-3H3,(H,19,20,21). The molecule has 0 saturated heterocycles. The van der Waals surface area contributed by atoms with Crippen molar-refractivity contribution in [2.75, 3.05) is 26.0 Å². The zero-order valence-corrected chi connectivity index (χ0v) is 14.6. The number of thiophene rings is 1. The summed E-state index contributed by atoms with van der Waals surface area (Å²) >= 11 is 1.64. The van der Waals surface area contributed by atoms with Crippen LogP contribution in [0.25, 0.3) is 10.2 Å². The molecule has 0 spiro atoms. The Morgan fingerprint density at radius 3 is 2.61 bits per heavy atom. The van der Waals surface area contributed by atoms with Gasteiger partial charge < -0.3 is 10.2 Å². The second kappa shape index (κ2) is 7.06. The van der Waals surface area contributed by atoms with E-state index in [2.05, 4.69) is 76.9 Å². The highest BCUT2D eigenvalue weighted by atomic mass is 32.1. The van der Waals surface area contributed by atoms with Crippen LogP contribution in [0.2, 0.25) is 0 Å². The number of aromatic nitrogens is 2. The summed E-state index contributed by atoms with van der Waals surface area (Å²) in [4.78, 5) is 12.0. The van der Waals surface area contributed by atoms with Crippen LogP contribution in [0.15, 0.2) is 42.0 Å². The molecule has 0 saturated carbocycles. The average molecular weight is 326 g/mol. The van der Waals surface area contributed by atoms with E-state index in [4.69, 9.17) is 0 Å². The Hall–Kier alpha value is -1.98. The quantitative estimate of drug-likeness (QED) is 0.744. The van der Waals surface area contributed by atoms with Crippen LogP contribution in [0.5, 0.6) is 0 Å². The van der Waals surface area contributed by atoms with Crippen LogP contribution < -0.4 is 5.32 Å². The van der Waals surface area contributed by atoms with Gasteiger partial charge in [-0.3, -0.25) is 0 Å². The molecule has 1 unspecified atom stereocenters. The third-order valence-electron chi connectivity index (χ3n) is 4.12. The van der Waals surface area contributed by atoms with Crippen molar-refractivity contribution in [3.8, 4) is 0 Å². The Morgan fingerprint density at radius 2 is 1.91 bits per heavy atom. The smallest absolute Gasteiger partial charge is 0.138 e. The fraction of sp³-hybridized carbons (Fsp3) is 0.333. The number of fused-ring (bicyclic) bond motifs is 1. The highest BCUT2D eigenvalue weighted by Crippen LogP contribution is 2.25. The number of benzene rings is 1. The molecule has 3 aromatic rings. The lowest BCUT2D eigenvalue weighted by molar-refractivity contribution is 0.311. The van der Waals surface area contributed by atoms with Crippen LogP contribution in [0.3, 0.4) is 0 Å². The minimum atomic E-state index is 0.296. The van der Waals surface area contributed by atoms with Crippen LogP contribution in [0.4, 0.5) is 5.82 Å². The molecule has 0 amide bonds. The van der Waals surface area contributed by atoms with Crippen LogP contribution in [0, 0.1) is 0 Å². The van der Waals surface area contributed by atoms with E-state index in [0.29, 0.717) is 6.04 Å². The van der Waals surface area contributed by atoms with E-state index in [1.54, 1.807) is 17.7 Å². The monoisotopic (exact) mass is 326 g/mol. The highest BCUT2D eigenvalue weighted by molar-refractivity contribution is 7.16. The molecule has 5 heteroatoms. The maximum absolute atomic E-state index is 4.40. The summed E-state index contributed by atoms with van der Waals surface area (Å²) in [6, 6.07) is 11.3. The van der Waals surface area contributed by atoms with E-state index < -0.39 is 0 Å². The summed E-state index contributed by atoms with van der Waals surface area (Å²) in [5, 5.41) is 6.64. The summed E-state index contributed by atoms with van der Waals surface area (Å²) in [6.07, 6.45) is 2.70. The number of nitrogens with one attached hydrogen (secondary N) is 1. The minimum absolute atomic E-state index is 0.296. The molecule has 1 aromatic carbocycles. The SMILES string of the molecule is CCc1ccc(C(CNc2ncnc3sccc23)N(C)C)cc1. The molecule has 1 atom stereocenters. The Kier molecular flexibility index (Phi) is 4.88. The molecular weight excluding hydrogens is 304 g/mol. The molecule has 3 rings (SSSR count). The molecular formula is C18H22N4S. The van der Waals surface area contributed by atoms with Crippen LogP contribution >= 0.6 is 11.3 Å². The van der Waals surface area contributed by atoms with Gasteiger partial charge in [0.15, 0.2) is 0 Å². The molecule has 0 aliphatic rings. The van der Waals surface area contributed by atoms with E-state index in [1.165, 1.54) is 11.1 Å². The zero-order chi connectivity index (χ0) is 16.2. The number of nitrogens with zero attached hydrogens (tertiary/aromatic N) is 3. The third kappa shape index (κ3) is 3.51. The van der Waals surface area contributed by atoms with E-state index in [0.717, 1.165) is 29.0 Å². The average Bonchev–Trinajstić information content (AvgIpc) is 3.04. The van der Waals surface area contributed by atoms with Crippen molar-refractivity contribution in [3.63, 3.8) is 0 Å². The van der Waals surface area contributed by atoms with E-state index in [1.807, 2.05) is 0 Å². The first-order valence-electron chi connectivity index (χ1n) is 7.86. The summed E-state index contributed by atoms with van der Waals surface area (Å²) in [6.45, 7) is 2.99. The Labute approximate surface area is 141 Å². The summed E-state index contributed by atoms with van der Waals surface area (Å²) in [5.41, 5.74) is 2.69. The Balaban J connectivity index is 1.78. The molecule has 0 aliphatic heterocycles. The van der Waals surface area contributed by atoms with Crippen molar-refractivity contribution in [3.05, 3.63) is 53.2 Å². The first-order valence-corrected chi connectivity index (χ1v) is 8.74. The third-order valence-corrected chi connectivity index (χ3v) is 4.94. The second-order valence-corrected chi connectivity index (χ2v) is 6.71. The minimum Gasteiger partial charge on any atom is -0.368 e. The molecule has 2 heterocycles. The predicted molar refractivity (Wildman–Crippen MR) is 98.2 cm³/mol. The van der Waals surface area contributed by atoms with E-state index in [-0.39, 0.29) is 0 Å². The van der Waals surface area contributed by atoms with Gasteiger partial charge in [0.05, 0.1) is 11.4 Å². The molecule has 0 radical (unpaired) electrons. The van der Waals surface area contributed by atoms with E-state index in [9.17, 15) is 0 Å². The lowest BCUT2D eigenvalue weighted by atomic mass is 10.0. The van der Waals surface area contributed by atoms with Crippen molar-refractivity contribution in [1.29, 1.82) is 0 Å². The van der Waals surface area contributed by atoms with Gasteiger partial charge in [-0.2, -0.15) is 0 Å². The Morgan fingerprint density at radius 1 is 1.13 bits per heavy atom. The summed E-state index contributed by atoms with van der Waals surface area (Å²) < 4.78 is 0. The van der Waals surface area contributed by atoms with Gasteiger partial charge in [-0.1, -0.05) is 31.2 Å². The highest BCUT2D eigenvalue weighted by Gasteiger charge is 2.15. The van der Waals surface area contributed by atoms with Crippen molar-refractivity contribution in [2.24, 2.45) is 0 Å². The maximum Gasteiger partial charge on any atom is 0.138 e. The Bertz CT molecular complexity index is 764. The molecule has 0 fully saturated rings. The molecule has 1 N–H and O–H groups in total. The number of likely N-dealkylation sites (N-methyl/N-ethyl adjacent to an activating group) is 1. The van der Waals surface area contributed by atoms with Crippen LogP contribution in [0.1, 0.15) is 24.1 Å². The largest absolute Gasteiger partial charge is 0.368 e. The first kappa shape index (κ1) is 15.9. The van der Waals surface area contributed by atoms with Crippen LogP contribution in [-0.2, 0) is 6.42 Å². The van der Waals surface area contributed by atoms with Gasteiger partial charge in [-0.25, -0.2) is 9.97 Å². The number of hydrogen-bond donors (Lipinski definition) is 1. The molecule has 2 aromatic heterocycles. The van der Waals surface area contributed by atoms with E-state index >= 15 is 0 Å². The van der Waals surface area contributed by atoms with Crippen molar-refractivity contribution < 1.29 is 0 Å². The second-order valence-electron chi connectivity index (χ2n) is 5.82. The van der Waals surface area contributed by atoms with Crippen molar-refractivity contribution >= 4 is 27.4 Å². The van der Waals surface area contributed by atoms with Gasteiger partial charge in [0.1, 0.15) is 17.0 Å². The predicted octanol–water partition coefficient (Wildman–Crippen LogP) is 3.97. The summed E-state index contributed by atoms with van der Waals surface area (Å²) in [5.74, 6) is 0.910. The van der Waals surface area contributed by atoms with Crippen LogP contribution in [-0.4, -0.2) is 35.5 Å². The van der Waals surface area contributed by atoms with Gasteiger partial charge in [-0.05, 0) is 43.1 Å². The fourth-order valence-electron chi connectivity index (χ4n) is 2.70. The summed E-state index contributed by atoms with van der Waals surface area (Å²) in [7, 11) is 4.22. The molecule has 23 heavy (non-hydrogen) atoms. The zero-order valence-electron chi connectivity index (χ0n) is 13.8. The lowest BCUT2D eigenvalue weighted by Crippen LogP contribution is -2.27. The molecule has 4 nitrogen and oxygen atoms in total. The van der Waals surface area contributed by atoms with Crippen molar-refractivity contribution in [2.45, 2.75) is 19.4 Å². The fourth-order valence-corrected chi connectivity index (χ4v) is 3.43. The van der Waals surface area contributed by atoms with Gasteiger partial charge in [0.2, 0.25) is 0 Å². The first-order chi connectivity index (χ1) is 11.2. The van der Waals surface area contributed by atoms with Gasteiger partial charge in [-0.15, -0.1) is 11.3 Å².